The lowest BCUT2D eigenvalue weighted by Crippen LogP contribution is -2.06. The second kappa shape index (κ2) is 11.0. The van der Waals surface area contributed by atoms with Crippen molar-refractivity contribution in [2.75, 3.05) is 14.2 Å². The number of rotatable bonds is 10. The third-order valence-electron chi connectivity index (χ3n) is 5.58. The van der Waals surface area contributed by atoms with E-state index in [1.165, 1.54) is 5.56 Å². The molecule has 0 radical (unpaired) electrons. The number of methoxy groups -OCH3 is 2. The third kappa shape index (κ3) is 5.31. The van der Waals surface area contributed by atoms with Crippen molar-refractivity contribution in [3.05, 3.63) is 89.5 Å². The van der Waals surface area contributed by atoms with E-state index in [1.54, 1.807) is 39.0 Å². The Labute approximate surface area is 203 Å². The summed E-state index contributed by atoms with van der Waals surface area (Å²) in [6.07, 6.45) is 0.845. The van der Waals surface area contributed by atoms with Crippen LogP contribution in [0.15, 0.2) is 78.0 Å². The van der Waals surface area contributed by atoms with E-state index in [-0.39, 0.29) is 5.78 Å². The van der Waals surface area contributed by atoms with E-state index in [2.05, 4.69) is 26.9 Å². The molecule has 4 aromatic rings. The van der Waals surface area contributed by atoms with Gasteiger partial charge in [-0.15, -0.1) is 10.2 Å². The fourth-order valence-electron chi connectivity index (χ4n) is 3.76. The lowest BCUT2D eigenvalue weighted by molar-refractivity contribution is 0.101. The number of ether oxygens (including phenoxy) is 2. The Morgan fingerprint density at radius 2 is 1.65 bits per heavy atom. The molecule has 6 nitrogen and oxygen atoms in total. The summed E-state index contributed by atoms with van der Waals surface area (Å²) in [4.78, 5) is 11.9. The summed E-state index contributed by atoms with van der Waals surface area (Å²) in [5.41, 5.74) is 3.75. The number of aromatic nitrogens is 3. The van der Waals surface area contributed by atoms with Crippen molar-refractivity contribution >= 4 is 17.5 Å². The van der Waals surface area contributed by atoms with Gasteiger partial charge in [0.1, 0.15) is 11.5 Å². The van der Waals surface area contributed by atoms with Crippen LogP contribution in [0.4, 0.5) is 0 Å². The number of nitrogens with zero attached hydrogens (tertiary/aromatic N) is 3. The second-order valence-corrected chi connectivity index (χ2v) is 8.71. The van der Waals surface area contributed by atoms with Crippen LogP contribution in [-0.4, -0.2) is 34.8 Å². The van der Waals surface area contributed by atoms with Gasteiger partial charge in [-0.05, 0) is 49.2 Å². The summed E-state index contributed by atoms with van der Waals surface area (Å²) in [5.74, 6) is 2.89. The molecule has 0 amide bonds. The zero-order chi connectivity index (χ0) is 23.9. The number of carbonyl (C=O) groups excluding carboxylic acids is 1. The number of carbonyl (C=O) groups is 1. The standard InChI is InChI=1S/C27H27N3O3S/c1-19(31)21-13-14-24(32-2)22(17-21)18-34-27-29-28-26(23-11-7-8-12-25(23)33-3)30(27)16-15-20-9-5-4-6-10-20/h4-14,17H,15-16,18H2,1-3H3. The van der Waals surface area contributed by atoms with E-state index in [4.69, 9.17) is 9.47 Å². The second-order valence-electron chi connectivity index (χ2n) is 7.77. The third-order valence-corrected chi connectivity index (χ3v) is 6.59. The van der Waals surface area contributed by atoms with Crippen LogP contribution in [0, 0.1) is 0 Å². The van der Waals surface area contributed by atoms with Gasteiger partial charge in [0.2, 0.25) is 0 Å². The van der Waals surface area contributed by atoms with Gasteiger partial charge in [0, 0.05) is 23.4 Å². The minimum absolute atomic E-state index is 0.0263. The van der Waals surface area contributed by atoms with E-state index < -0.39 is 0 Å². The molecule has 0 N–H and O–H groups in total. The maximum Gasteiger partial charge on any atom is 0.191 e. The molecule has 174 valence electrons. The van der Waals surface area contributed by atoms with Gasteiger partial charge in [0.25, 0.3) is 0 Å². The van der Waals surface area contributed by atoms with Crippen LogP contribution in [-0.2, 0) is 18.7 Å². The maximum absolute atomic E-state index is 11.9. The highest BCUT2D eigenvalue weighted by atomic mass is 32.2. The first kappa shape index (κ1) is 23.6. The molecular weight excluding hydrogens is 446 g/mol. The molecule has 0 saturated heterocycles. The maximum atomic E-state index is 11.9. The number of benzene rings is 3. The molecule has 0 bridgehead atoms. The number of para-hydroxylation sites is 1. The Hall–Kier alpha value is -3.58. The van der Waals surface area contributed by atoms with Gasteiger partial charge < -0.3 is 14.0 Å². The minimum atomic E-state index is 0.0263. The molecule has 1 aromatic heterocycles. The number of aryl methyl sites for hydroxylation is 1. The molecule has 4 rings (SSSR count). The number of thioether (sulfide) groups is 1. The Bertz CT molecular complexity index is 1270. The number of Topliss-reactive ketones (excluding diaryl/α,β-unsaturated/α-hetero) is 1. The van der Waals surface area contributed by atoms with Gasteiger partial charge in [-0.3, -0.25) is 4.79 Å². The Kier molecular flexibility index (Phi) is 7.65. The van der Waals surface area contributed by atoms with E-state index in [0.717, 1.165) is 46.6 Å². The van der Waals surface area contributed by atoms with Crippen LogP contribution < -0.4 is 9.47 Å². The first-order valence-corrected chi connectivity index (χ1v) is 12.0. The molecule has 0 saturated carbocycles. The molecule has 0 aliphatic heterocycles. The topological polar surface area (TPSA) is 66.2 Å². The lowest BCUT2D eigenvalue weighted by Gasteiger charge is -2.13. The zero-order valence-corrected chi connectivity index (χ0v) is 20.3. The van der Waals surface area contributed by atoms with Crippen LogP contribution in [0.25, 0.3) is 11.4 Å². The average molecular weight is 474 g/mol. The zero-order valence-electron chi connectivity index (χ0n) is 19.5. The quantitative estimate of drug-likeness (QED) is 0.217. The molecule has 1 heterocycles. The predicted octanol–water partition coefficient (Wildman–Crippen LogP) is 5.70. The molecule has 3 aromatic carbocycles. The first-order valence-electron chi connectivity index (χ1n) is 11.0. The summed E-state index contributed by atoms with van der Waals surface area (Å²) in [6, 6.07) is 23.7. The average Bonchev–Trinajstić information content (AvgIpc) is 3.28. The highest BCUT2D eigenvalue weighted by Crippen LogP contribution is 2.33. The van der Waals surface area contributed by atoms with Crippen LogP contribution >= 0.6 is 11.8 Å². The molecule has 7 heteroatoms. The van der Waals surface area contributed by atoms with Crippen LogP contribution in [0.3, 0.4) is 0 Å². The SMILES string of the molecule is COc1ccc(C(C)=O)cc1CSc1nnc(-c2ccccc2OC)n1CCc1ccccc1. The molecule has 0 fully saturated rings. The summed E-state index contributed by atoms with van der Waals surface area (Å²) >= 11 is 1.57. The Morgan fingerprint density at radius 1 is 0.912 bits per heavy atom. The van der Waals surface area contributed by atoms with Gasteiger partial charge in [0.05, 0.1) is 19.8 Å². The van der Waals surface area contributed by atoms with Crippen molar-refractivity contribution in [2.45, 2.75) is 30.8 Å². The van der Waals surface area contributed by atoms with E-state index in [9.17, 15) is 4.79 Å². The Morgan fingerprint density at radius 3 is 2.38 bits per heavy atom. The Balaban J connectivity index is 1.66. The highest BCUT2D eigenvalue weighted by Gasteiger charge is 2.18. The van der Waals surface area contributed by atoms with Crippen molar-refractivity contribution in [1.29, 1.82) is 0 Å². The van der Waals surface area contributed by atoms with Crippen LogP contribution in [0.1, 0.15) is 28.4 Å². The summed E-state index contributed by atoms with van der Waals surface area (Å²) < 4.78 is 13.2. The molecule has 0 spiro atoms. The largest absolute Gasteiger partial charge is 0.496 e. The van der Waals surface area contributed by atoms with Gasteiger partial charge in [0.15, 0.2) is 16.8 Å². The fraction of sp³-hybridized carbons (Fsp3) is 0.222. The minimum Gasteiger partial charge on any atom is -0.496 e. The van der Waals surface area contributed by atoms with Crippen molar-refractivity contribution < 1.29 is 14.3 Å². The first-order chi connectivity index (χ1) is 16.6. The van der Waals surface area contributed by atoms with Crippen LogP contribution in [0.5, 0.6) is 11.5 Å². The van der Waals surface area contributed by atoms with E-state index >= 15 is 0 Å². The van der Waals surface area contributed by atoms with Crippen molar-refractivity contribution in [3.63, 3.8) is 0 Å². The van der Waals surface area contributed by atoms with Crippen LogP contribution in [0.2, 0.25) is 0 Å². The monoisotopic (exact) mass is 473 g/mol. The molecule has 0 atom stereocenters. The fourth-order valence-corrected chi connectivity index (χ4v) is 4.71. The van der Waals surface area contributed by atoms with Gasteiger partial charge in [-0.1, -0.05) is 54.2 Å². The van der Waals surface area contributed by atoms with Gasteiger partial charge in [-0.2, -0.15) is 0 Å². The van der Waals surface area contributed by atoms with Gasteiger partial charge >= 0.3 is 0 Å². The predicted molar refractivity (Wildman–Crippen MR) is 135 cm³/mol. The highest BCUT2D eigenvalue weighted by molar-refractivity contribution is 7.98. The van der Waals surface area contributed by atoms with Crippen molar-refractivity contribution in [3.8, 4) is 22.9 Å². The molecular formula is C27H27N3O3S. The molecule has 34 heavy (non-hydrogen) atoms. The van der Waals surface area contributed by atoms with Crippen molar-refractivity contribution in [2.24, 2.45) is 0 Å². The van der Waals surface area contributed by atoms with Crippen molar-refractivity contribution in [1.82, 2.24) is 14.8 Å². The molecule has 0 aliphatic rings. The number of ketones is 1. The summed E-state index contributed by atoms with van der Waals surface area (Å²) in [5, 5.41) is 9.85. The molecule has 0 aliphatic carbocycles. The smallest absolute Gasteiger partial charge is 0.191 e. The normalized spacial score (nSPS) is 10.8. The lowest BCUT2D eigenvalue weighted by atomic mass is 10.1. The summed E-state index contributed by atoms with van der Waals surface area (Å²) in [7, 11) is 3.30. The van der Waals surface area contributed by atoms with E-state index in [1.807, 2.05) is 54.6 Å². The molecule has 0 unspecified atom stereocenters. The van der Waals surface area contributed by atoms with Gasteiger partial charge in [-0.25, -0.2) is 0 Å². The number of hydrogen-bond donors (Lipinski definition) is 0. The van der Waals surface area contributed by atoms with E-state index in [0.29, 0.717) is 11.3 Å². The summed E-state index contributed by atoms with van der Waals surface area (Å²) in [6.45, 7) is 2.29. The number of hydrogen-bond acceptors (Lipinski definition) is 6.